The quantitative estimate of drug-likeness (QED) is 0.231. The van der Waals surface area contributed by atoms with Crippen LogP contribution in [0.3, 0.4) is 0 Å². The van der Waals surface area contributed by atoms with Crippen LogP contribution in [0.25, 0.3) is 0 Å². The Labute approximate surface area is 215 Å². The largest absolute Gasteiger partial charge is 0.490 e. The molecule has 0 radical (unpaired) electrons. The van der Waals surface area contributed by atoms with Gasteiger partial charge in [0.25, 0.3) is 0 Å². The first-order valence-corrected chi connectivity index (χ1v) is 12.9. The predicted octanol–water partition coefficient (Wildman–Crippen LogP) is 7.66. The fourth-order valence-electron chi connectivity index (χ4n) is 4.98. The van der Waals surface area contributed by atoms with Crippen molar-refractivity contribution in [3.63, 3.8) is 0 Å². The number of anilines is 2. The predicted molar refractivity (Wildman–Crippen MR) is 147 cm³/mol. The average Bonchev–Trinajstić information content (AvgIpc) is 2.90. The lowest BCUT2D eigenvalue weighted by Crippen LogP contribution is -2.34. The number of carbonyl (C=O) groups is 1. The SMILES string of the molecule is C=CC(=O)OC(C)COc1ccc(C2CCC(N(c3ccc(C)cc3)c3ccc(C)cc3)CC2)cc1. The van der Waals surface area contributed by atoms with E-state index in [1.165, 1.54) is 34.1 Å². The number of hydrogen-bond donors (Lipinski definition) is 0. The molecule has 4 heteroatoms. The van der Waals surface area contributed by atoms with E-state index in [9.17, 15) is 4.79 Å². The van der Waals surface area contributed by atoms with Crippen LogP contribution in [-0.2, 0) is 9.53 Å². The number of ether oxygens (including phenoxy) is 2. The zero-order chi connectivity index (χ0) is 25.5. The molecule has 0 bridgehead atoms. The third kappa shape index (κ3) is 6.57. The molecule has 0 saturated heterocycles. The third-order valence-corrected chi connectivity index (χ3v) is 7.01. The second-order valence-electron chi connectivity index (χ2n) is 9.88. The van der Waals surface area contributed by atoms with Crippen LogP contribution in [0.5, 0.6) is 5.75 Å². The van der Waals surface area contributed by atoms with Crippen LogP contribution >= 0.6 is 0 Å². The van der Waals surface area contributed by atoms with E-state index >= 15 is 0 Å². The number of benzene rings is 3. The van der Waals surface area contributed by atoms with E-state index in [-0.39, 0.29) is 6.10 Å². The summed E-state index contributed by atoms with van der Waals surface area (Å²) in [5.41, 5.74) is 6.46. The van der Waals surface area contributed by atoms with Gasteiger partial charge in [-0.2, -0.15) is 0 Å². The van der Waals surface area contributed by atoms with E-state index in [4.69, 9.17) is 9.47 Å². The van der Waals surface area contributed by atoms with E-state index in [2.05, 4.69) is 86.0 Å². The van der Waals surface area contributed by atoms with Gasteiger partial charge in [-0.3, -0.25) is 0 Å². The zero-order valence-corrected chi connectivity index (χ0v) is 21.7. The van der Waals surface area contributed by atoms with Crippen molar-refractivity contribution in [1.82, 2.24) is 0 Å². The molecule has 36 heavy (non-hydrogen) atoms. The minimum absolute atomic E-state index is 0.317. The van der Waals surface area contributed by atoms with Gasteiger partial charge in [0, 0.05) is 23.5 Å². The molecule has 188 valence electrons. The van der Waals surface area contributed by atoms with Gasteiger partial charge in [0.15, 0.2) is 0 Å². The van der Waals surface area contributed by atoms with Gasteiger partial charge < -0.3 is 14.4 Å². The van der Waals surface area contributed by atoms with Crippen molar-refractivity contribution in [1.29, 1.82) is 0 Å². The van der Waals surface area contributed by atoms with E-state index < -0.39 is 5.97 Å². The molecular weight excluding hydrogens is 446 g/mol. The van der Waals surface area contributed by atoms with Crippen LogP contribution < -0.4 is 9.64 Å². The summed E-state index contributed by atoms with van der Waals surface area (Å²) >= 11 is 0. The second kappa shape index (κ2) is 11.9. The van der Waals surface area contributed by atoms with Crippen molar-refractivity contribution in [2.24, 2.45) is 0 Å². The summed E-state index contributed by atoms with van der Waals surface area (Å²) in [5, 5.41) is 0. The maximum Gasteiger partial charge on any atom is 0.330 e. The molecule has 4 nitrogen and oxygen atoms in total. The summed E-state index contributed by atoms with van der Waals surface area (Å²) in [7, 11) is 0. The lowest BCUT2D eigenvalue weighted by Gasteiger charge is -2.39. The summed E-state index contributed by atoms with van der Waals surface area (Å²) < 4.78 is 11.0. The molecule has 1 saturated carbocycles. The molecule has 3 aromatic rings. The molecule has 0 N–H and O–H groups in total. The summed E-state index contributed by atoms with van der Waals surface area (Å²) in [6.07, 6.45) is 5.46. The highest BCUT2D eigenvalue weighted by Gasteiger charge is 2.28. The van der Waals surface area contributed by atoms with Gasteiger partial charge in [-0.05, 0) is 94.3 Å². The van der Waals surface area contributed by atoms with Gasteiger partial charge in [-0.15, -0.1) is 0 Å². The number of carbonyl (C=O) groups excluding carboxylic acids is 1. The maximum absolute atomic E-state index is 11.3. The van der Waals surface area contributed by atoms with Gasteiger partial charge >= 0.3 is 5.97 Å². The number of hydrogen-bond acceptors (Lipinski definition) is 4. The van der Waals surface area contributed by atoms with Crippen LogP contribution in [0.2, 0.25) is 0 Å². The molecule has 1 aliphatic carbocycles. The average molecular weight is 484 g/mol. The van der Waals surface area contributed by atoms with Crippen LogP contribution in [0, 0.1) is 13.8 Å². The van der Waals surface area contributed by atoms with Crippen molar-refractivity contribution in [2.75, 3.05) is 11.5 Å². The summed E-state index contributed by atoms with van der Waals surface area (Å²) in [5.74, 6) is 0.917. The normalized spacial score (nSPS) is 18.2. The summed E-state index contributed by atoms with van der Waals surface area (Å²) in [4.78, 5) is 13.8. The van der Waals surface area contributed by atoms with Gasteiger partial charge in [0.05, 0.1) is 0 Å². The topological polar surface area (TPSA) is 38.8 Å². The van der Waals surface area contributed by atoms with Crippen molar-refractivity contribution in [2.45, 2.75) is 64.5 Å². The number of rotatable bonds is 9. The van der Waals surface area contributed by atoms with Crippen LogP contribution in [0.1, 0.15) is 55.2 Å². The van der Waals surface area contributed by atoms with Crippen LogP contribution in [0.15, 0.2) is 85.5 Å². The van der Waals surface area contributed by atoms with E-state index in [0.717, 1.165) is 31.4 Å². The standard InChI is InChI=1S/C32H37NO3/c1-5-32(34)36-25(4)22-35-31-20-12-27(13-21-31)26-10-18-30(19-11-26)33(28-14-6-23(2)7-15-28)29-16-8-24(3)9-17-29/h5-9,12-17,20-21,25-26,30H,1,10-11,18-19,22H2,2-4H3. The Kier molecular flexibility index (Phi) is 8.48. The Morgan fingerprint density at radius 1 is 0.889 bits per heavy atom. The van der Waals surface area contributed by atoms with Crippen LogP contribution in [-0.4, -0.2) is 24.7 Å². The Balaban J connectivity index is 1.38. The minimum atomic E-state index is -0.430. The molecule has 1 fully saturated rings. The minimum Gasteiger partial charge on any atom is -0.490 e. The van der Waals surface area contributed by atoms with Crippen LogP contribution in [0.4, 0.5) is 11.4 Å². The Bertz CT molecular complexity index is 1080. The second-order valence-corrected chi connectivity index (χ2v) is 9.88. The van der Waals surface area contributed by atoms with Gasteiger partial charge in [0.1, 0.15) is 18.5 Å². The smallest absolute Gasteiger partial charge is 0.330 e. The highest BCUT2D eigenvalue weighted by atomic mass is 16.6. The summed E-state index contributed by atoms with van der Waals surface area (Å²) in [6, 6.07) is 26.7. The highest BCUT2D eigenvalue weighted by Crippen LogP contribution is 2.39. The monoisotopic (exact) mass is 483 g/mol. The molecule has 4 rings (SSSR count). The van der Waals surface area contributed by atoms with Crippen molar-refractivity contribution >= 4 is 17.3 Å². The molecular formula is C32H37NO3. The maximum atomic E-state index is 11.3. The first-order valence-electron chi connectivity index (χ1n) is 12.9. The van der Waals surface area contributed by atoms with Crippen molar-refractivity contribution in [3.05, 3.63) is 102 Å². The molecule has 0 heterocycles. The van der Waals surface area contributed by atoms with Gasteiger partial charge in [-0.1, -0.05) is 54.1 Å². The van der Waals surface area contributed by atoms with E-state index in [0.29, 0.717) is 18.6 Å². The molecule has 0 aromatic heterocycles. The van der Waals surface area contributed by atoms with Crippen molar-refractivity contribution in [3.8, 4) is 5.75 Å². The molecule has 0 aliphatic heterocycles. The lowest BCUT2D eigenvalue weighted by molar-refractivity contribution is -0.143. The Morgan fingerprint density at radius 2 is 1.42 bits per heavy atom. The number of aryl methyl sites for hydroxylation is 2. The molecule has 0 spiro atoms. The zero-order valence-electron chi connectivity index (χ0n) is 21.7. The Hall–Kier alpha value is -3.53. The molecule has 3 aromatic carbocycles. The van der Waals surface area contributed by atoms with Gasteiger partial charge in [0.2, 0.25) is 0 Å². The molecule has 1 atom stereocenters. The molecule has 1 aliphatic rings. The third-order valence-electron chi connectivity index (χ3n) is 7.01. The van der Waals surface area contributed by atoms with E-state index in [1.807, 2.05) is 19.1 Å². The van der Waals surface area contributed by atoms with Gasteiger partial charge in [-0.25, -0.2) is 4.79 Å². The Morgan fingerprint density at radius 3 is 1.92 bits per heavy atom. The first kappa shape index (κ1) is 25.6. The number of esters is 1. The molecule has 0 amide bonds. The fourth-order valence-corrected chi connectivity index (χ4v) is 4.98. The summed E-state index contributed by atoms with van der Waals surface area (Å²) in [6.45, 7) is 9.82. The van der Waals surface area contributed by atoms with Crippen molar-refractivity contribution < 1.29 is 14.3 Å². The number of nitrogens with zero attached hydrogens (tertiary/aromatic N) is 1. The highest BCUT2D eigenvalue weighted by molar-refractivity contribution is 5.81. The van der Waals surface area contributed by atoms with E-state index in [1.54, 1.807) is 0 Å². The molecule has 1 unspecified atom stereocenters. The first-order chi connectivity index (χ1) is 17.4. The lowest BCUT2D eigenvalue weighted by atomic mass is 9.81. The fraction of sp³-hybridized carbons (Fsp3) is 0.344.